The molecule has 0 unspecified atom stereocenters. The number of H-pyrrole nitrogens is 1. The van der Waals surface area contributed by atoms with Crippen LogP contribution in [0.25, 0.3) is 12.2 Å². The summed E-state index contributed by atoms with van der Waals surface area (Å²) in [6.45, 7) is 5.54. The van der Waals surface area contributed by atoms with Crippen LogP contribution < -0.4 is 19.5 Å². The number of benzene rings is 1. The quantitative estimate of drug-likeness (QED) is 0.867. The lowest BCUT2D eigenvalue weighted by Gasteiger charge is -2.12. The van der Waals surface area contributed by atoms with Crippen LogP contribution in [-0.4, -0.2) is 17.9 Å². The van der Waals surface area contributed by atoms with Crippen LogP contribution >= 0.6 is 27.3 Å². The molecule has 122 valence electrons. The van der Waals surface area contributed by atoms with E-state index in [2.05, 4.69) is 20.9 Å². The highest BCUT2D eigenvalue weighted by molar-refractivity contribution is 9.10. The minimum absolute atomic E-state index is 0.0197. The second kappa shape index (κ2) is 6.84. The molecule has 2 aromatic rings. The molecule has 1 aromatic carbocycles. The lowest BCUT2D eigenvalue weighted by atomic mass is 9.91. The smallest absolute Gasteiger partial charge is 0.266 e. The minimum Gasteiger partial charge on any atom is -0.496 e. The van der Waals surface area contributed by atoms with Gasteiger partial charge in [-0.1, -0.05) is 26.8 Å². The second-order valence-electron chi connectivity index (χ2n) is 6.08. The van der Waals surface area contributed by atoms with E-state index >= 15 is 0 Å². The SMILES string of the molecule is COc1ccc(/C=c2\s/c(=C\C(=O)C(C)(C)C)[nH]c2=O)cc1Br. The largest absolute Gasteiger partial charge is 0.496 e. The standard InChI is InChI=1S/C17H18BrNO3S/c1-17(2,3)14(20)9-15-19-16(21)13(23-15)8-10-5-6-12(22-4)11(18)7-10/h5-9H,1-4H3,(H,19,21)/b13-8-,15-9-. The molecule has 0 bridgehead atoms. The maximum absolute atomic E-state index is 12.0. The average molecular weight is 396 g/mol. The van der Waals surface area contributed by atoms with E-state index in [0.29, 0.717) is 9.20 Å². The summed E-state index contributed by atoms with van der Waals surface area (Å²) in [6, 6.07) is 5.57. The summed E-state index contributed by atoms with van der Waals surface area (Å²) in [6.07, 6.45) is 3.28. The highest BCUT2D eigenvalue weighted by Gasteiger charge is 2.18. The molecule has 0 radical (unpaired) electrons. The first-order valence-electron chi connectivity index (χ1n) is 7.01. The fourth-order valence-corrected chi connectivity index (χ4v) is 3.23. The molecule has 1 N–H and O–H groups in total. The van der Waals surface area contributed by atoms with Crippen LogP contribution in [-0.2, 0) is 4.79 Å². The van der Waals surface area contributed by atoms with Crippen LogP contribution in [0.2, 0.25) is 0 Å². The molecular formula is C17H18BrNO3S. The maximum Gasteiger partial charge on any atom is 0.266 e. The highest BCUT2D eigenvalue weighted by Crippen LogP contribution is 2.25. The van der Waals surface area contributed by atoms with Gasteiger partial charge in [0, 0.05) is 11.5 Å². The van der Waals surface area contributed by atoms with Gasteiger partial charge in [-0.25, -0.2) is 0 Å². The molecular weight excluding hydrogens is 378 g/mol. The predicted molar refractivity (Wildman–Crippen MR) is 97.4 cm³/mol. The summed E-state index contributed by atoms with van der Waals surface area (Å²) in [7, 11) is 1.60. The van der Waals surface area contributed by atoms with Gasteiger partial charge < -0.3 is 9.72 Å². The zero-order chi connectivity index (χ0) is 17.2. The van der Waals surface area contributed by atoms with Gasteiger partial charge in [0.2, 0.25) is 0 Å². The number of hydrogen-bond acceptors (Lipinski definition) is 4. The fraction of sp³-hybridized carbons (Fsp3) is 0.294. The third kappa shape index (κ3) is 4.42. The molecule has 0 fully saturated rings. The van der Waals surface area contributed by atoms with E-state index in [1.165, 1.54) is 17.4 Å². The summed E-state index contributed by atoms with van der Waals surface area (Å²) in [5, 5.41) is 0. The Kier molecular flexibility index (Phi) is 5.26. The molecule has 6 heteroatoms. The summed E-state index contributed by atoms with van der Waals surface area (Å²) in [5.74, 6) is 0.709. The van der Waals surface area contributed by atoms with E-state index in [1.54, 1.807) is 13.2 Å². The molecule has 0 aliphatic carbocycles. The van der Waals surface area contributed by atoms with Gasteiger partial charge in [-0.3, -0.25) is 9.59 Å². The number of ether oxygens (including phenoxy) is 1. The summed E-state index contributed by atoms with van der Waals surface area (Å²) in [4.78, 5) is 26.8. The third-order valence-electron chi connectivity index (χ3n) is 3.16. The van der Waals surface area contributed by atoms with E-state index in [0.717, 1.165) is 15.8 Å². The molecule has 0 saturated heterocycles. The Hall–Kier alpha value is -1.66. The van der Waals surface area contributed by atoms with Crippen LogP contribution in [0, 0.1) is 5.41 Å². The molecule has 0 atom stereocenters. The molecule has 2 rings (SSSR count). The van der Waals surface area contributed by atoms with Crippen molar-refractivity contribution in [2.45, 2.75) is 20.8 Å². The fourth-order valence-electron chi connectivity index (χ4n) is 1.78. The number of carbonyl (C=O) groups is 1. The summed E-state index contributed by atoms with van der Waals surface area (Å²) in [5.41, 5.74) is 0.208. The van der Waals surface area contributed by atoms with Gasteiger partial charge in [0.05, 0.1) is 20.8 Å². The van der Waals surface area contributed by atoms with Gasteiger partial charge in [-0.05, 0) is 39.7 Å². The number of Topliss-reactive ketones (excluding diaryl/α,β-unsaturated/α-hetero) is 1. The molecule has 0 spiro atoms. The second-order valence-corrected chi connectivity index (χ2v) is 8.02. The topological polar surface area (TPSA) is 59.2 Å². The van der Waals surface area contributed by atoms with Gasteiger partial charge >= 0.3 is 0 Å². The Morgan fingerprint density at radius 1 is 1.35 bits per heavy atom. The number of carbonyl (C=O) groups excluding carboxylic acids is 1. The molecule has 23 heavy (non-hydrogen) atoms. The number of halogens is 1. The normalized spacial score (nSPS) is 13.4. The highest BCUT2D eigenvalue weighted by atomic mass is 79.9. The number of nitrogens with one attached hydrogen (secondary N) is 1. The predicted octanol–water partition coefficient (Wildman–Crippen LogP) is 2.43. The van der Waals surface area contributed by atoms with Crippen LogP contribution in [0.4, 0.5) is 0 Å². The number of thiazole rings is 1. The van der Waals surface area contributed by atoms with Crippen molar-refractivity contribution in [1.82, 2.24) is 4.98 Å². The van der Waals surface area contributed by atoms with Crippen molar-refractivity contribution in [3.63, 3.8) is 0 Å². The van der Waals surface area contributed by atoms with E-state index in [4.69, 9.17) is 4.74 Å². The number of aromatic amines is 1. The monoisotopic (exact) mass is 395 g/mol. The van der Waals surface area contributed by atoms with Gasteiger partial charge in [0.1, 0.15) is 5.75 Å². The number of aromatic nitrogens is 1. The Balaban J connectivity index is 2.46. The minimum atomic E-state index is -0.467. The molecule has 4 nitrogen and oxygen atoms in total. The Bertz CT molecular complexity index is 903. The Morgan fingerprint density at radius 3 is 2.61 bits per heavy atom. The van der Waals surface area contributed by atoms with Crippen molar-refractivity contribution in [1.29, 1.82) is 0 Å². The van der Waals surface area contributed by atoms with E-state index in [9.17, 15) is 9.59 Å². The number of ketones is 1. The molecule has 0 aliphatic rings. The van der Waals surface area contributed by atoms with Crippen molar-refractivity contribution in [2.75, 3.05) is 7.11 Å². The van der Waals surface area contributed by atoms with Crippen molar-refractivity contribution >= 4 is 45.2 Å². The Labute approximate surface area is 146 Å². The lowest BCUT2D eigenvalue weighted by Crippen LogP contribution is -2.22. The van der Waals surface area contributed by atoms with Gasteiger partial charge in [-0.2, -0.15) is 0 Å². The van der Waals surface area contributed by atoms with Gasteiger partial charge in [0.25, 0.3) is 5.56 Å². The lowest BCUT2D eigenvalue weighted by molar-refractivity contribution is -0.119. The average Bonchev–Trinajstić information content (AvgIpc) is 2.78. The summed E-state index contributed by atoms with van der Waals surface area (Å²) < 4.78 is 7.12. The van der Waals surface area contributed by atoms with E-state index in [-0.39, 0.29) is 11.3 Å². The van der Waals surface area contributed by atoms with Crippen LogP contribution in [0.3, 0.4) is 0 Å². The number of methoxy groups -OCH3 is 1. The molecule has 0 saturated carbocycles. The van der Waals surface area contributed by atoms with Crippen LogP contribution in [0.5, 0.6) is 5.75 Å². The first-order valence-corrected chi connectivity index (χ1v) is 8.62. The number of rotatable bonds is 3. The van der Waals surface area contributed by atoms with Crippen LogP contribution in [0.1, 0.15) is 26.3 Å². The summed E-state index contributed by atoms with van der Waals surface area (Å²) >= 11 is 4.69. The maximum atomic E-state index is 12.0. The van der Waals surface area contributed by atoms with Crippen molar-refractivity contribution < 1.29 is 9.53 Å². The third-order valence-corrected chi connectivity index (χ3v) is 4.74. The zero-order valence-electron chi connectivity index (χ0n) is 13.4. The van der Waals surface area contributed by atoms with Crippen molar-refractivity contribution in [3.05, 3.63) is 47.8 Å². The molecule has 1 heterocycles. The molecule has 0 amide bonds. The first-order chi connectivity index (χ1) is 10.7. The van der Waals surface area contributed by atoms with Gasteiger partial charge in [0.15, 0.2) is 5.78 Å². The van der Waals surface area contributed by atoms with Crippen LogP contribution in [0.15, 0.2) is 27.5 Å². The first kappa shape index (κ1) is 17.7. The Morgan fingerprint density at radius 2 is 2.04 bits per heavy atom. The van der Waals surface area contributed by atoms with E-state index < -0.39 is 5.41 Å². The molecule has 1 aromatic heterocycles. The van der Waals surface area contributed by atoms with Crippen molar-refractivity contribution in [3.8, 4) is 5.75 Å². The van der Waals surface area contributed by atoms with Gasteiger partial charge in [-0.15, -0.1) is 11.3 Å². The van der Waals surface area contributed by atoms with E-state index in [1.807, 2.05) is 39.0 Å². The van der Waals surface area contributed by atoms with Crippen molar-refractivity contribution in [2.24, 2.45) is 5.41 Å². The zero-order valence-corrected chi connectivity index (χ0v) is 15.8. The number of hydrogen-bond donors (Lipinski definition) is 1. The molecule has 0 aliphatic heterocycles.